The summed E-state index contributed by atoms with van der Waals surface area (Å²) in [4.78, 5) is 0. The van der Waals surface area contributed by atoms with Crippen molar-refractivity contribution in [3.63, 3.8) is 0 Å². The molecule has 0 radical (unpaired) electrons. The third-order valence-electron chi connectivity index (χ3n) is 2.74. The predicted octanol–water partition coefficient (Wildman–Crippen LogP) is 3.94. The first-order valence-electron chi connectivity index (χ1n) is 5.88. The molecule has 0 aliphatic carbocycles. The third kappa shape index (κ3) is 3.25. The Balaban J connectivity index is 2.07. The fraction of sp³-hybridized carbons (Fsp3) is 0.200. The summed E-state index contributed by atoms with van der Waals surface area (Å²) in [5.41, 5.74) is 7.88. The highest BCUT2D eigenvalue weighted by Crippen LogP contribution is 2.21. The van der Waals surface area contributed by atoms with E-state index in [0.29, 0.717) is 6.61 Å². The van der Waals surface area contributed by atoms with Gasteiger partial charge in [0, 0.05) is 16.6 Å². The third-order valence-corrected chi connectivity index (χ3v) is 3.10. The molecule has 2 aromatic rings. The lowest BCUT2D eigenvalue weighted by molar-refractivity contribution is 0.306. The topological polar surface area (TPSA) is 35.2 Å². The Kier molecular flexibility index (Phi) is 4.24. The van der Waals surface area contributed by atoms with Crippen LogP contribution >= 0.6 is 11.6 Å². The fourth-order valence-corrected chi connectivity index (χ4v) is 1.85. The van der Waals surface area contributed by atoms with Crippen molar-refractivity contribution < 1.29 is 4.74 Å². The van der Waals surface area contributed by atoms with Crippen molar-refractivity contribution in [2.45, 2.75) is 19.6 Å². The molecule has 0 spiro atoms. The van der Waals surface area contributed by atoms with E-state index in [1.54, 1.807) is 0 Å². The lowest BCUT2D eigenvalue weighted by Crippen LogP contribution is -2.05. The average Bonchev–Trinajstić information content (AvgIpc) is 2.38. The molecule has 1 unspecified atom stereocenters. The summed E-state index contributed by atoms with van der Waals surface area (Å²) in [5, 5.41) is 0.723. The lowest BCUT2D eigenvalue weighted by atomic mass is 10.1. The SMILES string of the molecule is CC(N)c1cccc(OCc2ccccc2Cl)c1. The molecule has 0 saturated carbocycles. The van der Waals surface area contributed by atoms with E-state index in [4.69, 9.17) is 22.1 Å². The Bertz CT molecular complexity index is 525. The number of benzene rings is 2. The summed E-state index contributed by atoms with van der Waals surface area (Å²) in [6.45, 7) is 2.41. The van der Waals surface area contributed by atoms with Crippen LogP contribution in [-0.4, -0.2) is 0 Å². The normalized spacial score (nSPS) is 12.2. The van der Waals surface area contributed by atoms with Crippen LogP contribution in [0.5, 0.6) is 5.75 Å². The van der Waals surface area contributed by atoms with Crippen LogP contribution in [0.15, 0.2) is 48.5 Å². The van der Waals surface area contributed by atoms with Crippen LogP contribution in [0.1, 0.15) is 24.1 Å². The van der Waals surface area contributed by atoms with Gasteiger partial charge >= 0.3 is 0 Å². The first-order valence-corrected chi connectivity index (χ1v) is 6.26. The summed E-state index contributed by atoms with van der Waals surface area (Å²) in [5.74, 6) is 0.810. The first-order chi connectivity index (χ1) is 8.66. The molecule has 0 saturated heterocycles. The van der Waals surface area contributed by atoms with Crippen molar-refractivity contribution in [2.75, 3.05) is 0 Å². The van der Waals surface area contributed by atoms with Crippen LogP contribution in [0, 0.1) is 0 Å². The summed E-state index contributed by atoms with van der Waals surface area (Å²) >= 11 is 6.07. The molecular weight excluding hydrogens is 246 g/mol. The lowest BCUT2D eigenvalue weighted by Gasteiger charge is -2.10. The average molecular weight is 262 g/mol. The van der Waals surface area contributed by atoms with Gasteiger partial charge in [-0.3, -0.25) is 0 Å². The van der Waals surface area contributed by atoms with Crippen molar-refractivity contribution in [2.24, 2.45) is 5.73 Å². The second-order valence-electron chi connectivity index (χ2n) is 4.24. The molecule has 2 rings (SSSR count). The second-order valence-corrected chi connectivity index (χ2v) is 4.65. The smallest absolute Gasteiger partial charge is 0.120 e. The van der Waals surface area contributed by atoms with Gasteiger partial charge in [-0.1, -0.05) is 41.9 Å². The molecule has 0 amide bonds. The minimum absolute atomic E-state index is 0.00821. The van der Waals surface area contributed by atoms with Crippen LogP contribution in [0.2, 0.25) is 5.02 Å². The molecule has 94 valence electrons. The van der Waals surface area contributed by atoms with Crippen LogP contribution in [0.3, 0.4) is 0 Å². The van der Waals surface area contributed by atoms with Gasteiger partial charge in [0.2, 0.25) is 0 Å². The Hall–Kier alpha value is -1.51. The van der Waals surface area contributed by atoms with Gasteiger partial charge in [0.15, 0.2) is 0 Å². The van der Waals surface area contributed by atoms with Crippen molar-refractivity contribution in [1.82, 2.24) is 0 Å². The van der Waals surface area contributed by atoms with E-state index in [0.717, 1.165) is 21.9 Å². The minimum Gasteiger partial charge on any atom is -0.489 e. The molecule has 0 heterocycles. The van der Waals surface area contributed by atoms with E-state index in [1.807, 2.05) is 55.5 Å². The summed E-state index contributed by atoms with van der Waals surface area (Å²) in [7, 11) is 0. The zero-order valence-electron chi connectivity index (χ0n) is 10.3. The molecule has 18 heavy (non-hydrogen) atoms. The minimum atomic E-state index is 0.00821. The highest BCUT2D eigenvalue weighted by atomic mass is 35.5. The number of rotatable bonds is 4. The van der Waals surface area contributed by atoms with Crippen molar-refractivity contribution >= 4 is 11.6 Å². The van der Waals surface area contributed by atoms with E-state index in [2.05, 4.69) is 0 Å². The zero-order valence-corrected chi connectivity index (χ0v) is 11.0. The number of hydrogen-bond acceptors (Lipinski definition) is 2. The number of ether oxygens (including phenoxy) is 1. The van der Waals surface area contributed by atoms with Gasteiger partial charge in [0.1, 0.15) is 12.4 Å². The molecule has 0 fully saturated rings. The van der Waals surface area contributed by atoms with Crippen LogP contribution in [-0.2, 0) is 6.61 Å². The maximum Gasteiger partial charge on any atom is 0.120 e. The van der Waals surface area contributed by atoms with Crippen LogP contribution in [0.4, 0.5) is 0 Å². The van der Waals surface area contributed by atoms with Gasteiger partial charge < -0.3 is 10.5 Å². The molecule has 0 aliphatic heterocycles. The maximum absolute atomic E-state index is 6.07. The largest absolute Gasteiger partial charge is 0.489 e. The Labute approximate surface area is 112 Å². The number of hydrogen-bond donors (Lipinski definition) is 1. The second kappa shape index (κ2) is 5.89. The maximum atomic E-state index is 6.07. The number of halogens is 1. The number of nitrogens with two attached hydrogens (primary N) is 1. The quantitative estimate of drug-likeness (QED) is 0.905. The summed E-state index contributed by atoms with van der Waals surface area (Å²) in [6.07, 6.45) is 0. The summed E-state index contributed by atoms with van der Waals surface area (Å²) in [6, 6.07) is 15.5. The molecule has 1 atom stereocenters. The Morgan fingerprint density at radius 3 is 2.67 bits per heavy atom. The van der Waals surface area contributed by atoms with Crippen LogP contribution in [0.25, 0.3) is 0 Å². The van der Waals surface area contributed by atoms with E-state index >= 15 is 0 Å². The van der Waals surface area contributed by atoms with Gasteiger partial charge in [0.25, 0.3) is 0 Å². The van der Waals surface area contributed by atoms with E-state index in [1.165, 1.54) is 0 Å². The highest BCUT2D eigenvalue weighted by molar-refractivity contribution is 6.31. The molecule has 0 aromatic heterocycles. The summed E-state index contributed by atoms with van der Waals surface area (Å²) < 4.78 is 5.72. The predicted molar refractivity (Wildman–Crippen MR) is 74.8 cm³/mol. The molecule has 2 aromatic carbocycles. The molecule has 0 bridgehead atoms. The molecule has 2 N–H and O–H groups in total. The molecule has 2 nitrogen and oxygen atoms in total. The molecule has 3 heteroatoms. The monoisotopic (exact) mass is 261 g/mol. The van der Waals surface area contributed by atoms with Gasteiger partial charge in [-0.15, -0.1) is 0 Å². The zero-order chi connectivity index (χ0) is 13.0. The Morgan fingerprint density at radius 2 is 1.94 bits per heavy atom. The van der Waals surface area contributed by atoms with Crippen molar-refractivity contribution in [1.29, 1.82) is 0 Å². The van der Waals surface area contributed by atoms with E-state index in [9.17, 15) is 0 Å². The van der Waals surface area contributed by atoms with Gasteiger partial charge in [0.05, 0.1) is 0 Å². The van der Waals surface area contributed by atoms with Gasteiger partial charge in [-0.05, 0) is 30.7 Å². The van der Waals surface area contributed by atoms with Gasteiger partial charge in [-0.2, -0.15) is 0 Å². The van der Waals surface area contributed by atoms with Gasteiger partial charge in [-0.25, -0.2) is 0 Å². The first kappa shape index (κ1) is 12.9. The van der Waals surface area contributed by atoms with Crippen LogP contribution < -0.4 is 10.5 Å². The van der Waals surface area contributed by atoms with E-state index < -0.39 is 0 Å². The fourth-order valence-electron chi connectivity index (χ4n) is 1.66. The molecular formula is C15H16ClNO. The standard InChI is InChI=1S/C15H16ClNO/c1-11(17)12-6-4-7-14(9-12)18-10-13-5-2-3-8-15(13)16/h2-9,11H,10,17H2,1H3. The van der Waals surface area contributed by atoms with Crippen molar-refractivity contribution in [3.05, 3.63) is 64.7 Å². The van der Waals surface area contributed by atoms with Crippen molar-refractivity contribution in [3.8, 4) is 5.75 Å². The van der Waals surface area contributed by atoms with E-state index in [-0.39, 0.29) is 6.04 Å². The molecule has 0 aliphatic rings. The highest BCUT2D eigenvalue weighted by Gasteiger charge is 2.03. The Morgan fingerprint density at radius 1 is 1.17 bits per heavy atom.